The van der Waals surface area contributed by atoms with Gasteiger partial charge in [0.2, 0.25) is 11.8 Å². The van der Waals surface area contributed by atoms with Crippen molar-refractivity contribution in [3.05, 3.63) is 96.7 Å². The summed E-state index contributed by atoms with van der Waals surface area (Å²) >= 11 is 0. The molecule has 0 aromatic rings. The van der Waals surface area contributed by atoms with Crippen LogP contribution in [-0.4, -0.2) is 71.3 Å². The molecule has 8 nitrogen and oxygen atoms in total. The third-order valence-corrected chi connectivity index (χ3v) is 11.4. The van der Waals surface area contributed by atoms with Gasteiger partial charge in [-0.05, 0) is 114 Å². The second-order valence-electron chi connectivity index (χ2n) is 16.9. The second kappa shape index (κ2) is 28.6. The average Bonchev–Trinajstić information content (AvgIpc) is 3.18. The van der Waals surface area contributed by atoms with Gasteiger partial charge < -0.3 is 25.2 Å². The third-order valence-electron chi connectivity index (χ3n) is 11.4. The molecular weight excluding hydrogens is 725 g/mol. The van der Waals surface area contributed by atoms with Crippen molar-refractivity contribution in [1.29, 1.82) is 0 Å². The van der Waals surface area contributed by atoms with Crippen LogP contribution in [-0.2, 0) is 19.1 Å². The van der Waals surface area contributed by atoms with Crippen LogP contribution in [0.2, 0.25) is 0 Å². The van der Waals surface area contributed by atoms with E-state index in [9.17, 15) is 24.6 Å². The number of carbonyl (C=O) groups is 3. The van der Waals surface area contributed by atoms with Gasteiger partial charge in [-0.2, -0.15) is 0 Å². The fourth-order valence-electron chi connectivity index (χ4n) is 7.37. The van der Waals surface area contributed by atoms with Crippen LogP contribution in [0.1, 0.15) is 131 Å². The van der Waals surface area contributed by atoms with Gasteiger partial charge in [-0.15, -0.1) is 0 Å². The van der Waals surface area contributed by atoms with Gasteiger partial charge in [0.25, 0.3) is 0 Å². The van der Waals surface area contributed by atoms with Gasteiger partial charge in [0, 0.05) is 32.5 Å². The van der Waals surface area contributed by atoms with Crippen molar-refractivity contribution in [2.24, 2.45) is 29.1 Å². The molecule has 0 heterocycles. The van der Waals surface area contributed by atoms with Crippen LogP contribution < -0.4 is 5.32 Å². The third kappa shape index (κ3) is 20.3. The number of fused-ring (bicyclic) bond motifs is 1. The van der Waals surface area contributed by atoms with E-state index in [0.717, 1.165) is 44.9 Å². The summed E-state index contributed by atoms with van der Waals surface area (Å²) in [4.78, 5) is 39.8. The molecule has 0 fully saturated rings. The van der Waals surface area contributed by atoms with Crippen LogP contribution >= 0.6 is 0 Å². The molecule has 0 aromatic carbocycles. The van der Waals surface area contributed by atoms with Crippen molar-refractivity contribution in [2.45, 2.75) is 150 Å². The lowest BCUT2D eigenvalue weighted by Crippen LogP contribution is -2.43. The highest BCUT2D eigenvalue weighted by Crippen LogP contribution is 2.45. The molecule has 2 aliphatic rings. The minimum Gasteiger partial charge on any atom is -0.461 e. The van der Waals surface area contributed by atoms with E-state index < -0.39 is 17.6 Å². The quantitative estimate of drug-likeness (QED) is 0.0563. The summed E-state index contributed by atoms with van der Waals surface area (Å²) < 4.78 is 6.21. The summed E-state index contributed by atoms with van der Waals surface area (Å²) in [5.41, 5.74) is 0.663. The molecule has 8 heteroatoms. The monoisotopic (exact) mass is 803 g/mol. The fourth-order valence-corrected chi connectivity index (χ4v) is 7.37. The smallest absolute Gasteiger partial charge is 0.311 e. The summed E-state index contributed by atoms with van der Waals surface area (Å²) in [7, 11) is 1.73. The molecule has 0 saturated carbocycles. The number of nitrogens with one attached hydrogen (secondary N) is 1. The number of likely N-dealkylation sites (N-methyl/N-ethyl adjacent to an activating group) is 1. The van der Waals surface area contributed by atoms with E-state index in [4.69, 9.17) is 4.74 Å². The Morgan fingerprint density at radius 3 is 2.02 bits per heavy atom. The Balaban J connectivity index is 1.62. The number of rotatable bonds is 27. The molecule has 58 heavy (non-hydrogen) atoms. The van der Waals surface area contributed by atoms with Gasteiger partial charge in [0.1, 0.15) is 6.10 Å². The molecule has 0 spiro atoms. The van der Waals surface area contributed by atoms with Gasteiger partial charge in [-0.25, -0.2) is 0 Å². The topological polar surface area (TPSA) is 116 Å². The highest BCUT2D eigenvalue weighted by atomic mass is 16.5. The Labute approximate surface area is 352 Å². The zero-order valence-corrected chi connectivity index (χ0v) is 37.0. The number of hydrogen-bond donors (Lipinski definition) is 3. The number of ether oxygens (including phenoxy) is 1. The lowest BCUT2D eigenvalue weighted by atomic mass is 9.65. The molecule has 0 bridgehead atoms. The van der Waals surface area contributed by atoms with Gasteiger partial charge in [0.05, 0.1) is 24.0 Å². The van der Waals surface area contributed by atoms with Crippen molar-refractivity contribution in [3.63, 3.8) is 0 Å². The number of carbonyl (C=O) groups excluding carboxylic acids is 3. The molecule has 2 rings (SSSR count). The summed E-state index contributed by atoms with van der Waals surface area (Å²) in [6.07, 6.45) is 40.1. The highest BCUT2D eigenvalue weighted by Gasteiger charge is 2.43. The molecule has 0 saturated heterocycles. The van der Waals surface area contributed by atoms with Gasteiger partial charge >= 0.3 is 5.97 Å². The Kier molecular flexibility index (Phi) is 24.9. The second-order valence-corrected chi connectivity index (χ2v) is 16.9. The maximum Gasteiger partial charge on any atom is 0.311 e. The Morgan fingerprint density at radius 1 is 0.879 bits per heavy atom. The van der Waals surface area contributed by atoms with Crippen molar-refractivity contribution in [1.82, 2.24) is 10.2 Å². The number of allylic oxidation sites excluding steroid dienone is 15. The Bertz CT molecular complexity index is 1470. The normalized spacial score (nSPS) is 22.4. The molecule has 2 amide bonds. The first-order valence-electron chi connectivity index (χ1n) is 22.2. The molecule has 324 valence electrons. The number of nitrogens with zero attached hydrogens (tertiary/aromatic N) is 1. The van der Waals surface area contributed by atoms with Crippen molar-refractivity contribution in [3.8, 4) is 0 Å². The first-order chi connectivity index (χ1) is 27.8. The van der Waals surface area contributed by atoms with Crippen molar-refractivity contribution in [2.75, 3.05) is 20.1 Å². The number of hydrogen-bond acceptors (Lipinski definition) is 6. The maximum absolute atomic E-state index is 13.1. The van der Waals surface area contributed by atoms with Crippen LogP contribution in [0.25, 0.3) is 0 Å². The predicted molar refractivity (Wildman–Crippen MR) is 240 cm³/mol. The zero-order chi connectivity index (χ0) is 42.8. The number of aliphatic hydroxyl groups is 2. The number of esters is 1. The van der Waals surface area contributed by atoms with Crippen molar-refractivity contribution < 1.29 is 29.3 Å². The molecular formula is C50H78N2O6. The minimum absolute atomic E-state index is 0.0133. The van der Waals surface area contributed by atoms with Crippen LogP contribution in [0.3, 0.4) is 0 Å². The van der Waals surface area contributed by atoms with E-state index in [0.29, 0.717) is 51.1 Å². The predicted octanol–water partition coefficient (Wildman–Crippen LogP) is 10.1. The zero-order valence-electron chi connectivity index (χ0n) is 37.0. The standard InChI is InChI=1S/C50H78N2O6/c1-8-10-11-12-13-14-15-16-17-18-19-20-21-22-23-24-25-26-27-28-47(56)52(7)34-33-51-46(55)38-43(54)37-42(53)31-32-44-40(4)29-30-41-35-39(3)36-45(48(41)44)58-49(57)50(5,6)9-2/h10-11,13-14,16-17,19-20,22-23,25-26,29-30,35,39-40,42-45,48,53-54H,8-9,12,15,18,21,24,27-28,31-34,36-38H2,1-7H3,(H,51,55)/b11-10-,14-13-,17-16-,20-19-,23-22-,26-25-/t39-,40-,42-,43+,44-,45?,48?/m0/s1. The van der Waals surface area contributed by atoms with Crippen LogP contribution in [0.5, 0.6) is 0 Å². The summed E-state index contributed by atoms with van der Waals surface area (Å²) in [6.45, 7) is 13.0. The Hall–Kier alpha value is -3.75. The lowest BCUT2D eigenvalue weighted by Gasteiger charge is -2.44. The molecule has 2 aliphatic carbocycles. The van der Waals surface area contributed by atoms with Gasteiger partial charge in [0.15, 0.2) is 0 Å². The molecule has 2 unspecified atom stereocenters. The maximum atomic E-state index is 13.1. The summed E-state index contributed by atoms with van der Waals surface area (Å²) in [6, 6.07) is 0. The first-order valence-corrected chi connectivity index (χ1v) is 22.2. The fraction of sp³-hybridized carbons (Fsp3) is 0.620. The van der Waals surface area contributed by atoms with Crippen LogP contribution in [0, 0.1) is 29.1 Å². The minimum atomic E-state index is -0.976. The molecule has 0 aliphatic heterocycles. The van der Waals surface area contributed by atoms with E-state index in [2.05, 4.69) is 111 Å². The van der Waals surface area contributed by atoms with E-state index in [1.54, 1.807) is 11.9 Å². The Morgan fingerprint density at radius 2 is 1.45 bits per heavy atom. The number of aliphatic hydroxyl groups excluding tert-OH is 2. The number of amides is 2. The van der Waals surface area contributed by atoms with E-state index in [-0.39, 0.29) is 54.5 Å². The molecule has 0 aromatic heterocycles. The molecule has 3 N–H and O–H groups in total. The molecule has 0 radical (unpaired) electrons. The van der Waals surface area contributed by atoms with E-state index >= 15 is 0 Å². The van der Waals surface area contributed by atoms with Gasteiger partial charge in [-0.3, -0.25) is 14.4 Å². The van der Waals surface area contributed by atoms with Crippen molar-refractivity contribution >= 4 is 17.8 Å². The van der Waals surface area contributed by atoms with Crippen LogP contribution in [0.4, 0.5) is 0 Å². The van der Waals surface area contributed by atoms with E-state index in [1.165, 1.54) is 5.57 Å². The SMILES string of the molecule is CC/C=C\C/C=C\C/C=C\C/C=C\C/C=C\C/C=C\CCC(=O)N(C)CCNC(=O)C[C@H](O)C[C@@H](O)CC[C@@H]1C2C(=C[C@H](C)CC2OC(=O)C(C)(C)CC)C=C[C@@H]1C. The lowest BCUT2D eigenvalue weighted by molar-refractivity contribution is -0.164. The largest absolute Gasteiger partial charge is 0.461 e. The highest BCUT2D eigenvalue weighted by molar-refractivity contribution is 5.77. The molecule has 7 atom stereocenters. The summed E-state index contributed by atoms with van der Waals surface area (Å²) in [5, 5.41) is 24.3. The average molecular weight is 803 g/mol. The van der Waals surface area contributed by atoms with Crippen LogP contribution in [0.15, 0.2) is 96.7 Å². The first kappa shape index (κ1) is 50.4. The van der Waals surface area contributed by atoms with Gasteiger partial charge in [-0.1, -0.05) is 119 Å². The summed E-state index contributed by atoms with van der Waals surface area (Å²) in [5.74, 6) is 0.351. The van der Waals surface area contributed by atoms with E-state index in [1.807, 2.05) is 26.8 Å².